The van der Waals surface area contributed by atoms with Crippen LogP contribution < -0.4 is 15.3 Å². The molecule has 2 aliphatic carbocycles. The molecule has 1 saturated heterocycles. The molecule has 4 aliphatic rings. The van der Waals surface area contributed by atoms with Crippen LogP contribution in [-0.2, 0) is 16.6 Å². The van der Waals surface area contributed by atoms with Gasteiger partial charge in [-0.25, -0.2) is 0 Å². The van der Waals surface area contributed by atoms with Crippen molar-refractivity contribution in [3.05, 3.63) is 23.3 Å². The monoisotopic (exact) mass is 343 g/mol. The van der Waals surface area contributed by atoms with E-state index < -0.39 is 0 Å². The highest BCUT2D eigenvalue weighted by molar-refractivity contribution is 5.94. The molecule has 2 bridgehead atoms. The zero-order chi connectivity index (χ0) is 17.4. The molecule has 25 heavy (non-hydrogen) atoms. The summed E-state index contributed by atoms with van der Waals surface area (Å²) in [6, 6.07) is 4.56. The van der Waals surface area contributed by atoms with Crippen LogP contribution in [0.2, 0.25) is 0 Å². The van der Waals surface area contributed by atoms with Crippen molar-refractivity contribution in [1.82, 2.24) is 4.90 Å². The van der Waals surface area contributed by atoms with Crippen LogP contribution in [0.15, 0.2) is 17.2 Å². The minimum atomic E-state index is -0.274. The lowest BCUT2D eigenvalue weighted by Gasteiger charge is -2.64. The normalized spacial score (nSPS) is 39.9. The van der Waals surface area contributed by atoms with E-state index in [4.69, 9.17) is 20.1 Å². The van der Waals surface area contributed by atoms with E-state index in [0.717, 1.165) is 49.4 Å². The molecule has 1 saturated carbocycles. The first kappa shape index (κ1) is 15.5. The van der Waals surface area contributed by atoms with E-state index in [1.165, 1.54) is 11.1 Å². The molecule has 4 atom stereocenters. The molecule has 2 fully saturated rings. The average Bonchev–Trinajstić information content (AvgIpc) is 2.99. The number of hydrogen-bond acceptors (Lipinski definition) is 6. The van der Waals surface area contributed by atoms with Crippen molar-refractivity contribution in [1.29, 1.82) is 0 Å². The van der Waals surface area contributed by atoms with Gasteiger partial charge in [0.15, 0.2) is 17.6 Å². The van der Waals surface area contributed by atoms with Gasteiger partial charge in [0.2, 0.25) is 0 Å². The molecule has 5 rings (SSSR count). The zero-order valence-corrected chi connectivity index (χ0v) is 15.0. The first-order chi connectivity index (χ1) is 12.1. The largest absolute Gasteiger partial charge is 0.493 e. The molecule has 0 unspecified atom stereocenters. The van der Waals surface area contributed by atoms with Gasteiger partial charge in [-0.1, -0.05) is 6.07 Å². The summed E-state index contributed by atoms with van der Waals surface area (Å²) in [5, 5.41) is 4.13. The summed E-state index contributed by atoms with van der Waals surface area (Å²) in [6.07, 6.45) is 3.53. The van der Waals surface area contributed by atoms with Crippen LogP contribution in [-0.4, -0.2) is 56.2 Å². The van der Waals surface area contributed by atoms with Gasteiger partial charge in [-0.2, -0.15) is 5.10 Å². The van der Waals surface area contributed by atoms with Gasteiger partial charge in [-0.15, -0.1) is 0 Å². The average molecular weight is 343 g/mol. The number of likely N-dealkylation sites (N-methyl/N-ethyl adjacent to an activating group) is 1. The molecule has 1 aromatic rings. The summed E-state index contributed by atoms with van der Waals surface area (Å²) >= 11 is 0. The number of hydrogen-bond donors (Lipinski definition) is 1. The van der Waals surface area contributed by atoms with E-state index in [1.54, 1.807) is 7.11 Å². The minimum Gasteiger partial charge on any atom is -0.493 e. The second-order valence-corrected chi connectivity index (χ2v) is 7.76. The maximum absolute atomic E-state index is 6.53. The Labute approximate surface area is 147 Å². The number of methoxy groups -OCH3 is 2. The lowest BCUT2D eigenvalue weighted by molar-refractivity contribution is -0.180. The molecule has 0 aromatic heterocycles. The van der Waals surface area contributed by atoms with Gasteiger partial charge < -0.3 is 25.0 Å². The Balaban J connectivity index is 1.86. The molecule has 1 aromatic carbocycles. The predicted molar refractivity (Wildman–Crippen MR) is 94.4 cm³/mol. The third kappa shape index (κ3) is 1.52. The number of nitrogens with zero attached hydrogens (tertiary/aromatic N) is 2. The van der Waals surface area contributed by atoms with Gasteiger partial charge in [0.1, 0.15) is 0 Å². The fourth-order valence-electron chi connectivity index (χ4n) is 6.22. The summed E-state index contributed by atoms with van der Waals surface area (Å²) < 4.78 is 18.5. The minimum absolute atomic E-state index is 0.159. The zero-order valence-electron chi connectivity index (χ0n) is 15.0. The van der Waals surface area contributed by atoms with E-state index >= 15 is 0 Å². The molecule has 134 valence electrons. The van der Waals surface area contributed by atoms with Crippen LogP contribution in [0.4, 0.5) is 0 Å². The molecule has 2 N–H and O–H groups in total. The molecule has 2 heterocycles. The van der Waals surface area contributed by atoms with Crippen LogP contribution in [0.25, 0.3) is 0 Å². The van der Waals surface area contributed by atoms with Crippen molar-refractivity contribution >= 4 is 5.71 Å². The van der Waals surface area contributed by atoms with Crippen molar-refractivity contribution in [2.75, 3.05) is 27.8 Å². The Morgan fingerprint density at radius 1 is 1.32 bits per heavy atom. The molecule has 0 amide bonds. The first-order valence-corrected chi connectivity index (χ1v) is 9.02. The fourth-order valence-corrected chi connectivity index (χ4v) is 6.22. The van der Waals surface area contributed by atoms with E-state index in [9.17, 15) is 0 Å². The van der Waals surface area contributed by atoms with Crippen molar-refractivity contribution in [3.63, 3.8) is 0 Å². The number of ether oxygens (including phenoxy) is 3. The Bertz CT molecular complexity index is 779. The second-order valence-electron chi connectivity index (χ2n) is 7.76. The maximum atomic E-state index is 6.53. The molecular formula is C19H25N3O3. The molecule has 0 radical (unpaired) electrons. The van der Waals surface area contributed by atoms with Crippen LogP contribution in [0, 0.1) is 0 Å². The maximum Gasteiger partial charge on any atom is 0.166 e. The highest BCUT2D eigenvalue weighted by Crippen LogP contribution is 2.65. The first-order valence-electron chi connectivity index (χ1n) is 9.02. The summed E-state index contributed by atoms with van der Waals surface area (Å²) in [5.74, 6) is 7.44. The lowest BCUT2D eigenvalue weighted by atomic mass is 9.48. The fraction of sp³-hybridized carbons (Fsp3) is 0.632. The quantitative estimate of drug-likeness (QED) is 0.650. The van der Waals surface area contributed by atoms with Gasteiger partial charge in [0.25, 0.3) is 0 Å². The Hall–Kier alpha value is -1.79. The van der Waals surface area contributed by atoms with Gasteiger partial charge in [-0.3, -0.25) is 0 Å². The van der Waals surface area contributed by atoms with Crippen LogP contribution in [0.1, 0.15) is 30.4 Å². The standard InChI is InChI=1S/C19H25N3O3/c1-22-9-8-18-15-11-4-5-13(23-2)16(15)25-17(18)12(21-20)6-7-19(18,24-3)14(22)10-11/h4-5,14,17H,6-10,20H2,1-3H3/b21-12+/t14-,17+,18+,19-/m1/s1. The molecular weight excluding hydrogens is 318 g/mol. The molecule has 2 aliphatic heterocycles. The summed E-state index contributed by atoms with van der Waals surface area (Å²) in [5.41, 5.74) is 3.07. The van der Waals surface area contributed by atoms with Crippen LogP contribution >= 0.6 is 0 Å². The Morgan fingerprint density at radius 2 is 2.16 bits per heavy atom. The smallest absolute Gasteiger partial charge is 0.166 e. The highest BCUT2D eigenvalue weighted by atomic mass is 16.5. The lowest BCUT2D eigenvalue weighted by Crippen LogP contribution is -2.76. The third-order valence-corrected chi connectivity index (χ3v) is 7.24. The number of benzene rings is 1. The van der Waals surface area contributed by atoms with E-state index in [2.05, 4.69) is 23.1 Å². The van der Waals surface area contributed by atoms with E-state index in [-0.39, 0.29) is 17.1 Å². The van der Waals surface area contributed by atoms with Crippen LogP contribution in [0.5, 0.6) is 11.5 Å². The van der Waals surface area contributed by atoms with Crippen molar-refractivity contribution in [2.45, 2.75) is 48.8 Å². The summed E-state index contributed by atoms with van der Waals surface area (Å²) in [4.78, 5) is 2.46. The SMILES string of the molecule is COc1ccc2c3c1O[C@H]1/C(=N/N)CC[C@@]4(OC)[C@@H](C2)N(C)CC[C@]314. The number of piperidine rings is 1. The van der Waals surface area contributed by atoms with E-state index in [0.29, 0.717) is 6.04 Å². The van der Waals surface area contributed by atoms with Crippen molar-refractivity contribution in [3.8, 4) is 11.5 Å². The summed E-state index contributed by atoms with van der Waals surface area (Å²) in [6.45, 7) is 1.02. The molecule has 6 nitrogen and oxygen atoms in total. The topological polar surface area (TPSA) is 69.3 Å². The van der Waals surface area contributed by atoms with Crippen molar-refractivity contribution in [2.24, 2.45) is 10.9 Å². The second kappa shape index (κ2) is 4.89. The van der Waals surface area contributed by atoms with Gasteiger partial charge in [0, 0.05) is 18.7 Å². The van der Waals surface area contributed by atoms with Crippen molar-refractivity contribution < 1.29 is 14.2 Å². The number of rotatable bonds is 2. The molecule has 6 heteroatoms. The highest BCUT2D eigenvalue weighted by Gasteiger charge is 2.73. The van der Waals surface area contributed by atoms with E-state index in [1.807, 2.05) is 13.2 Å². The summed E-state index contributed by atoms with van der Waals surface area (Å²) in [7, 11) is 5.77. The number of hydrazone groups is 1. The number of nitrogens with two attached hydrogens (primary N) is 1. The predicted octanol–water partition coefficient (Wildman–Crippen LogP) is 1.45. The third-order valence-electron chi connectivity index (χ3n) is 7.24. The van der Waals surface area contributed by atoms with Gasteiger partial charge >= 0.3 is 0 Å². The number of likely N-dealkylation sites (tertiary alicyclic amines) is 1. The molecule has 1 spiro atoms. The Kier molecular flexibility index (Phi) is 3.02. The van der Waals surface area contributed by atoms with Crippen LogP contribution in [0.3, 0.4) is 0 Å². The van der Waals surface area contributed by atoms with Gasteiger partial charge in [0.05, 0.1) is 23.8 Å². The van der Waals surface area contributed by atoms with Gasteiger partial charge in [-0.05, 0) is 50.9 Å². The Morgan fingerprint density at radius 3 is 2.88 bits per heavy atom.